The molecule has 2 saturated heterocycles. The number of amides is 2. The second kappa shape index (κ2) is 15.5. The van der Waals surface area contributed by atoms with Crippen molar-refractivity contribution in [3.8, 4) is 5.75 Å². The lowest BCUT2D eigenvalue weighted by Gasteiger charge is -2.50. The van der Waals surface area contributed by atoms with Crippen molar-refractivity contribution in [2.24, 2.45) is 10.9 Å². The lowest BCUT2D eigenvalue weighted by molar-refractivity contribution is -0.218. The largest absolute Gasteiger partial charge is 0.485 e. The quantitative estimate of drug-likeness (QED) is 0.0383. The van der Waals surface area contributed by atoms with E-state index in [2.05, 4.69) is 30.0 Å². The molecule has 20 nitrogen and oxygen atoms in total. The summed E-state index contributed by atoms with van der Waals surface area (Å²) in [6.07, 6.45) is 0.477. The molecule has 0 spiro atoms. The highest BCUT2D eigenvalue weighted by Gasteiger charge is 2.58. The summed E-state index contributed by atoms with van der Waals surface area (Å²) in [5.41, 5.74) is 8.46. The first-order valence-corrected chi connectivity index (χ1v) is 18.8. The van der Waals surface area contributed by atoms with Crippen molar-refractivity contribution in [1.82, 2.24) is 25.6 Å². The number of thiazole rings is 1. The van der Waals surface area contributed by atoms with Crippen LogP contribution in [0.5, 0.6) is 5.75 Å². The van der Waals surface area contributed by atoms with E-state index in [1.54, 1.807) is 12.1 Å². The maximum Gasteiger partial charge on any atom is 0.418 e. The fraction of sp³-hybridized carbons (Fsp3) is 0.548. The first kappa shape index (κ1) is 39.8. The number of carboxylic acids is 1. The number of nitrogens with two attached hydrogens (primary N) is 2. The number of hydrogen-bond acceptors (Lipinski definition) is 16. The Hall–Kier alpha value is -4.45. The van der Waals surface area contributed by atoms with Crippen molar-refractivity contribution < 1.29 is 51.4 Å². The summed E-state index contributed by atoms with van der Waals surface area (Å²) < 4.78 is 41.8. The molecular weight excluding hydrogens is 739 g/mol. The number of aryl methyl sites for hydroxylation is 1. The molecular formula is C31H43N9O11S2. The third kappa shape index (κ3) is 8.86. The number of benzene rings is 1. The van der Waals surface area contributed by atoms with E-state index in [-0.39, 0.29) is 35.7 Å². The maximum atomic E-state index is 13.5. The van der Waals surface area contributed by atoms with Gasteiger partial charge in [-0.05, 0) is 70.2 Å². The van der Waals surface area contributed by atoms with E-state index < -0.39 is 63.3 Å². The Morgan fingerprint density at radius 2 is 1.96 bits per heavy atom. The molecule has 4 atom stereocenters. The maximum absolute atomic E-state index is 13.5. The molecule has 1 aromatic carbocycles. The smallest absolute Gasteiger partial charge is 0.418 e. The topological polar surface area (TPSA) is 305 Å². The highest BCUT2D eigenvalue weighted by atomic mass is 32.3. The lowest BCUT2D eigenvalue weighted by Crippen LogP contribution is -2.76. The van der Waals surface area contributed by atoms with Crippen LogP contribution in [0.25, 0.3) is 0 Å². The van der Waals surface area contributed by atoms with Gasteiger partial charge in [0.2, 0.25) is 0 Å². The van der Waals surface area contributed by atoms with E-state index >= 15 is 0 Å². The second-order valence-corrected chi connectivity index (χ2v) is 15.6. The minimum atomic E-state index is -5.04. The van der Waals surface area contributed by atoms with Crippen molar-refractivity contribution in [1.29, 1.82) is 5.41 Å². The Balaban J connectivity index is 1.27. The molecule has 3 aliphatic rings. The number of aliphatic carboxylic acids is 1. The fourth-order valence-electron chi connectivity index (χ4n) is 6.25. The summed E-state index contributed by atoms with van der Waals surface area (Å²) in [5, 5.41) is 40.2. The minimum absolute atomic E-state index is 0.0496. The molecule has 53 heavy (non-hydrogen) atoms. The van der Waals surface area contributed by atoms with Crippen molar-refractivity contribution in [2.75, 3.05) is 31.9 Å². The number of ether oxygens (including phenoxy) is 1. The molecule has 4 heterocycles. The SMILES string of the molecule is CC(O/N=C(\C(=O)N[C@@H]1C(=O)N(OS(=O)(=O)O)C1(C)C)c1csc(N)n1)(C(=O)O)[C@H]1CCc2cc(C(=N)NC3CCN(CC(O)CN)CC3)ccc2O1. The van der Waals surface area contributed by atoms with Gasteiger partial charge in [0.05, 0.1) is 11.6 Å². The zero-order chi connectivity index (χ0) is 38.9. The third-order valence-corrected chi connectivity index (χ3v) is 10.4. The monoisotopic (exact) mass is 781 g/mol. The predicted molar refractivity (Wildman–Crippen MR) is 189 cm³/mol. The number of nitrogen functional groups attached to an aromatic ring is 1. The van der Waals surface area contributed by atoms with Gasteiger partial charge in [-0.1, -0.05) is 5.16 Å². The van der Waals surface area contributed by atoms with Crippen LogP contribution < -0.4 is 26.8 Å². The van der Waals surface area contributed by atoms with Crippen LogP contribution in [-0.2, 0) is 40.3 Å². The number of carboxylic acid groups (broad SMARTS) is 1. The van der Waals surface area contributed by atoms with Crippen LogP contribution in [0, 0.1) is 5.41 Å². The number of amidine groups is 1. The number of fused-ring (bicyclic) bond motifs is 1. The summed E-state index contributed by atoms with van der Waals surface area (Å²) in [5.74, 6) is -2.86. The Morgan fingerprint density at radius 3 is 2.55 bits per heavy atom. The number of carbonyl (C=O) groups is 3. The Morgan fingerprint density at radius 1 is 1.26 bits per heavy atom. The molecule has 2 aromatic rings. The van der Waals surface area contributed by atoms with Gasteiger partial charge < -0.3 is 46.8 Å². The van der Waals surface area contributed by atoms with Crippen LogP contribution in [0.1, 0.15) is 56.9 Å². The van der Waals surface area contributed by atoms with E-state index in [4.69, 9.17) is 31.0 Å². The van der Waals surface area contributed by atoms with Gasteiger partial charge in [0.25, 0.3) is 17.4 Å². The zero-order valence-corrected chi connectivity index (χ0v) is 30.8. The number of anilines is 1. The number of rotatable bonds is 14. The number of aliphatic hydroxyl groups excluding tert-OH is 1. The van der Waals surface area contributed by atoms with Gasteiger partial charge in [0.1, 0.15) is 23.3 Å². The molecule has 3 aliphatic heterocycles. The standard InChI is InChI=1S/C31H43N9O11S2/c1-30(2)24(27(43)40(30)51-53(46,47)48)37-26(42)23(20-15-52-29(34)36-20)38-50-31(3,28(44)45)22-7-5-16-12-17(4-6-21(16)49-22)25(33)35-18-8-10-39(11-9-18)14-19(41)13-32/h4,6,12,15,18-19,22,24,41H,5,7-11,13-14,32H2,1-3H3,(H2,33,35)(H2,34,36)(H,37,42)(H,44,45)(H,46,47,48)/b38-23-/t19?,22-,24-,31?/m1/s1. The normalized spacial score (nSPS) is 22.4. The molecule has 5 rings (SSSR count). The van der Waals surface area contributed by atoms with Crippen molar-refractivity contribution in [2.45, 2.75) is 81.9 Å². The van der Waals surface area contributed by atoms with Crippen molar-refractivity contribution in [3.05, 3.63) is 40.4 Å². The molecule has 2 unspecified atom stereocenters. The summed E-state index contributed by atoms with van der Waals surface area (Å²) >= 11 is 0.957. The average Bonchev–Trinajstić information content (AvgIpc) is 3.54. The molecule has 1 aromatic heterocycles. The number of nitrogens with one attached hydrogen (secondary N) is 3. The predicted octanol–water partition coefficient (Wildman–Crippen LogP) is -0.778. The number of aromatic nitrogens is 1. The average molecular weight is 782 g/mol. The number of β-lactam (4-membered cyclic amide) rings is 1. The molecule has 22 heteroatoms. The third-order valence-electron chi connectivity index (χ3n) is 9.44. The van der Waals surface area contributed by atoms with Crippen LogP contribution >= 0.6 is 11.3 Å². The Labute approximate surface area is 308 Å². The zero-order valence-electron chi connectivity index (χ0n) is 29.1. The van der Waals surface area contributed by atoms with Gasteiger partial charge >= 0.3 is 16.4 Å². The first-order chi connectivity index (χ1) is 24.8. The molecule has 0 aliphatic carbocycles. The first-order valence-electron chi connectivity index (χ1n) is 16.6. The second-order valence-electron chi connectivity index (χ2n) is 13.7. The van der Waals surface area contributed by atoms with Crippen LogP contribution in [0.4, 0.5) is 5.13 Å². The van der Waals surface area contributed by atoms with E-state index in [0.717, 1.165) is 42.8 Å². The number of aliphatic hydroxyl groups is 1. The van der Waals surface area contributed by atoms with Gasteiger partial charge in [-0.3, -0.25) is 19.6 Å². The molecule has 2 fully saturated rings. The highest BCUT2D eigenvalue weighted by molar-refractivity contribution is 7.80. The van der Waals surface area contributed by atoms with Gasteiger partial charge in [-0.15, -0.1) is 15.6 Å². The molecule has 0 radical (unpaired) electrons. The fourth-order valence-corrected chi connectivity index (χ4v) is 7.25. The Bertz CT molecular complexity index is 1880. The number of piperidine rings is 1. The number of nitrogens with zero attached hydrogens (tertiary/aromatic N) is 4. The summed E-state index contributed by atoms with van der Waals surface area (Å²) in [7, 11) is -5.04. The molecule has 290 valence electrons. The van der Waals surface area contributed by atoms with Crippen molar-refractivity contribution >= 4 is 56.2 Å². The van der Waals surface area contributed by atoms with E-state index in [1.165, 1.54) is 26.2 Å². The van der Waals surface area contributed by atoms with Crippen LogP contribution in [0.15, 0.2) is 28.7 Å². The number of hydrogen-bond donors (Lipinski definition) is 8. The van der Waals surface area contributed by atoms with Crippen LogP contribution in [0.2, 0.25) is 0 Å². The lowest BCUT2D eigenvalue weighted by atomic mass is 9.84. The van der Waals surface area contributed by atoms with Gasteiger partial charge in [-0.2, -0.15) is 13.5 Å². The van der Waals surface area contributed by atoms with Crippen molar-refractivity contribution in [3.63, 3.8) is 0 Å². The minimum Gasteiger partial charge on any atom is -0.485 e. The number of hydroxylamine groups is 2. The molecule has 2 amide bonds. The molecule has 0 saturated carbocycles. The summed E-state index contributed by atoms with van der Waals surface area (Å²) in [6, 6.07) is 3.89. The highest BCUT2D eigenvalue weighted by Crippen LogP contribution is 2.35. The van der Waals surface area contributed by atoms with E-state index in [9.17, 15) is 33.0 Å². The number of oxime groups is 1. The molecule has 10 N–H and O–H groups in total. The number of likely N-dealkylation sites (tertiary alicyclic amines) is 1. The van der Waals surface area contributed by atoms with Crippen LogP contribution in [-0.4, -0.2) is 129 Å². The van der Waals surface area contributed by atoms with E-state index in [1.807, 2.05) is 6.07 Å². The van der Waals surface area contributed by atoms with E-state index in [0.29, 0.717) is 29.3 Å². The number of β-amino-alcohol motifs (C(OH)–C–C–N with tert-alkyl or cyclic N) is 1. The Kier molecular flexibility index (Phi) is 11.6. The van der Waals surface area contributed by atoms with Gasteiger partial charge in [0, 0.05) is 43.2 Å². The van der Waals surface area contributed by atoms with Gasteiger partial charge in [0.15, 0.2) is 16.9 Å². The van der Waals surface area contributed by atoms with Gasteiger partial charge in [-0.25, -0.2) is 9.78 Å². The number of carbonyl (C=O) groups excluding carboxylic acids is 2. The van der Waals surface area contributed by atoms with Crippen LogP contribution in [0.3, 0.4) is 0 Å². The summed E-state index contributed by atoms with van der Waals surface area (Å²) in [6.45, 7) is 6.23. The summed E-state index contributed by atoms with van der Waals surface area (Å²) in [4.78, 5) is 50.6. The molecule has 0 bridgehead atoms.